The summed E-state index contributed by atoms with van der Waals surface area (Å²) in [5.74, 6) is 0.752. The lowest BCUT2D eigenvalue weighted by atomic mass is 9.98. The summed E-state index contributed by atoms with van der Waals surface area (Å²) in [5.41, 5.74) is 4.27. The molecule has 1 aromatic heterocycles. The first kappa shape index (κ1) is 22.3. The van der Waals surface area contributed by atoms with E-state index in [-0.39, 0.29) is 5.97 Å². The van der Waals surface area contributed by atoms with E-state index in [4.69, 9.17) is 9.47 Å². The topological polar surface area (TPSA) is 56.6 Å². The Labute approximate surface area is 190 Å². The van der Waals surface area contributed by atoms with E-state index < -0.39 is 5.60 Å². The molecule has 0 fully saturated rings. The number of benzene rings is 2. The van der Waals surface area contributed by atoms with E-state index >= 15 is 0 Å². The summed E-state index contributed by atoms with van der Waals surface area (Å²) in [6.07, 6.45) is 2.77. The highest BCUT2D eigenvalue weighted by molar-refractivity contribution is 5.79. The van der Waals surface area contributed by atoms with Gasteiger partial charge in [-0.05, 0) is 75.9 Å². The van der Waals surface area contributed by atoms with Crippen LogP contribution in [0.3, 0.4) is 0 Å². The van der Waals surface area contributed by atoms with Crippen LogP contribution in [0.4, 0.5) is 0 Å². The molecule has 0 atom stereocenters. The van der Waals surface area contributed by atoms with E-state index in [2.05, 4.69) is 48.1 Å². The minimum atomic E-state index is -0.456. The quantitative estimate of drug-likeness (QED) is 0.516. The third-order valence-corrected chi connectivity index (χ3v) is 5.62. The Hall–Kier alpha value is -2.86. The van der Waals surface area contributed by atoms with Crippen LogP contribution in [-0.4, -0.2) is 39.3 Å². The van der Waals surface area contributed by atoms with Crippen LogP contribution >= 0.6 is 0 Å². The SMILES string of the molecule is CC(C)n1ncc2cc(COc3cccc4c3CCN(CC(=O)OC(C)(C)C)C4)ccc21. The molecular weight excluding hydrogens is 402 g/mol. The van der Waals surface area contributed by atoms with Crippen LogP contribution in [0.15, 0.2) is 42.6 Å². The second-order valence-corrected chi connectivity index (χ2v) is 9.81. The first-order valence-electron chi connectivity index (χ1n) is 11.3. The van der Waals surface area contributed by atoms with Crippen molar-refractivity contribution in [2.75, 3.05) is 13.1 Å². The van der Waals surface area contributed by atoms with Crippen LogP contribution in [0.2, 0.25) is 0 Å². The number of carbonyl (C=O) groups is 1. The Balaban J connectivity index is 1.41. The average molecular weight is 436 g/mol. The zero-order valence-electron chi connectivity index (χ0n) is 19.7. The van der Waals surface area contributed by atoms with Crippen molar-refractivity contribution in [3.63, 3.8) is 0 Å². The molecule has 0 amide bonds. The van der Waals surface area contributed by atoms with Gasteiger partial charge in [-0.25, -0.2) is 0 Å². The molecule has 0 saturated carbocycles. The van der Waals surface area contributed by atoms with Crippen molar-refractivity contribution in [1.29, 1.82) is 0 Å². The Bertz CT molecular complexity index is 1110. The summed E-state index contributed by atoms with van der Waals surface area (Å²) in [5, 5.41) is 5.63. The summed E-state index contributed by atoms with van der Waals surface area (Å²) in [6, 6.07) is 12.9. The molecule has 3 aromatic rings. The number of fused-ring (bicyclic) bond motifs is 2. The molecule has 0 unspecified atom stereocenters. The van der Waals surface area contributed by atoms with Gasteiger partial charge in [-0.3, -0.25) is 14.4 Å². The highest BCUT2D eigenvalue weighted by Gasteiger charge is 2.24. The molecule has 2 heterocycles. The van der Waals surface area contributed by atoms with Gasteiger partial charge >= 0.3 is 5.97 Å². The molecule has 1 aliphatic rings. The Morgan fingerprint density at radius 2 is 2.00 bits per heavy atom. The van der Waals surface area contributed by atoms with Crippen LogP contribution in [-0.2, 0) is 29.1 Å². The van der Waals surface area contributed by atoms with Crippen molar-refractivity contribution in [3.8, 4) is 5.75 Å². The maximum atomic E-state index is 12.2. The molecule has 0 N–H and O–H groups in total. The van der Waals surface area contributed by atoms with E-state index in [1.807, 2.05) is 43.8 Å². The summed E-state index contributed by atoms with van der Waals surface area (Å²) in [7, 11) is 0. The average Bonchev–Trinajstić information content (AvgIpc) is 3.14. The van der Waals surface area contributed by atoms with Gasteiger partial charge in [0.15, 0.2) is 0 Å². The summed E-state index contributed by atoms with van der Waals surface area (Å²) < 4.78 is 13.8. The van der Waals surface area contributed by atoms with Gasteiger partial charge in [0.05, 0.1) is 18.3 Å². The molecule has 6 nitrogen and oxygen atoms in total. The number of aromatic nitrogens is 2. The first-order valence-corrected chi connectivity index (χ1v) is 11.3. The lowest BCUT2D eigenvalue weighted by molar-refractivity contribution is -0.156. The fourth-order valence-electron chi connectivity index (χ4n) is 4.22. The van der Waals surface area contributed by atoms with Gasteiger partial charge in [0.25, 0.3) is 0 Å². The minimum absolute atomic E-state index is 0.176. The molecule has 0 aliphatic carbocycles. The maximum absolute atomic E-state index is 12.2. The number of ether oxygens (including phenoxy) is 2. The molecule has 32 heavy (non-hydrogen) atoms. The van der Waals surface area contributed by atoms with Gasteiger partial charge in [-0.1, -0.05) is 18.2 Å². The smallest absolute Gasteiger partial charge is 0.320 e. The van der Waals surface area contributed by atoms with E-state index in [1.54, 1.807) is 0 Å². The van der Waals surface area contributed by atoms with Crippen LogP contribution in [0.1, 0.15) is 57.4 Å². The molecule has 4 rings (SSSR count). The molecule has 0 radical (unpaired) electrons. The molecular formula is C26H33N3O3. The molecule has 6 heteroatoms. The van der Waals surface area contributed by atoms with Gasteiger partial charge in [-0.2, -0.15) is 5.10 Å². The second-order valence-electron chi connectivity index (χ2n) is 9.81. The summed E-state index contributed by atoms with van der Waals surface area (Å²) in [6.45, 7) is 12.3. The van der Waals surface area contributed by atoms with Gasteiger partial charge in [-0.15, -0.1) is 0 Å². The van der Waals surface area contributed by atoms with Crippen LogP contribution < -0.4 is 4.74 Å². The van der Waals surface area contributed by atoms with Gasteiger partial charge < -0.3 is 9.47 Å². The van der Waals surface area contributed by atoms with Gasteiger partial charge in [0.1, 0.15) is 18.0 Å². The van der Waals surface area contributed by atoms with E-state index in [9.17, 15) is 4.79 Å². The normalized spacial score (nSPS) is 14.6. The third kappa shape index (κ3) is 5.13. The van der Waals surface area contributed by atoms with Crippen molar-refractivity contribution in [2.24, 2.45) is 0 Å². The number of carbonyl (C=O) groups excluding carboxylic acids is 1. The van der Waals surface area contributed by atoms with Gasteiger partial charge in [0.2, 0.25) is 0 Å². The molecule has 2 aromatic carbocycles. The Morgan fingerprint density at radius 3 is 2.75 bits per heavy atom. The fourth-order valence-corrected chi connectivity index (χ4v) is 4.22. The zero-order chi connectivity index (χ0) is 22.9. The zero-order valence-corrected chi connectivity index (χ0v) is 19.7. The standard InChI is InChI=1S/C26H33N3O3/c1-18(2)29-23-10-9-19(13-21(23)14-27-29)17-31-24-8-6-7-20-15-28(12-11-22(20)24)16-25(30)32-26(3,4)5/h6-10,13-14,18H,11-12,15-17H2,1-5H3. The van der Waals surface area contributed by atoms with Crippen LogP contribution in [0.5, 0.6) is 5.75 Å². The first-order chi connectivity index (χ1) is 15.2. The number of rotatable bonds is 6. The summed E-state index contributed by atoms with van der Waals surface area (Å²) in [4.78, 5) is 14.3. The lowest BCUT2D eigenvalue weighted by Gasteiger charge is -2.30. The molecule has 170 valence electrons. The fraction of sp³-hybridized carbons (Fsp3) is 0.462. The highest BCUT2D eigenvalue weighted by atomic mass is 16.6. The van der Waals surface area contributed by atoms with Crippen LogP contribution in [0.25, 0.3) is 10.9 Å². The second kappa shape index (κ2) is 8.94. The van der Waals surface area contributed by atoms with E-state index in [0.717, 1.165) is 41.7 Å². The number of hydrogen-bond acceptors (Lipinski definition) is 5. The van der Waals surface area contributed by atoms with E-state index in [0.29, 0.717) is 19.2 Å². The molecule has 0 spiro atoms. The van der Waals surface area contributed by atoms with E-state index in [1.165, 1.54) is 11.1 Å². The van der Waals surface area contributed by atoms with Crippen molar-refractivity contribution >= 4 is 16.9 Å². The van der Waals surface area contributed by atoms with Crippen molar-refractivity contribution < 1.29 is 14.3 Å². The maximum Gasteiger partial charge on any atom is 0.320 e. The number of esters is 1. The van der Waals surface area contributed by atoms with Gasteiger partial charge in [0, 0.05) is 24.5 Å². The van der Waals surface area contributed by atoms with Crippen molar-refractivity contribution in [3.05, 3.63) is 59.3 Å². The third-order valence-electron chi connectivity index (χ3n) is 5.62. The predicted octanol–water partition coefficient (Wildman–Crippen LogP) is 4.90. The largest absolute Gasteiger partial charge is 0.489 e. The summed E-state index contributed by atoms with van der Waals surface area (Å²) >= 11 is 0. The van der Waals surface area contributed by atoms with Crippen molar-refractivity contribution in [1.82, 2.24) is 14.7 Å². The highest BCUT2D eigenvalue weighted by Crippen LogP contribution is 2.29. The molecule has 0 saturated heterocycles. The minimum Gasteiger partial charge on any atom is -0.489 e. The Kier molecular flexibility index (Phi) is 6.24. The lowest BCUT2D eigenvalue weighted by Crippen LogP contribution is -2.38. The van der Waals surface area contributed by atoms with Crippen LogP contribution in [0, 0.1) is 0 Å². The Morgan fingerprint density at radius 1 is 1.19 bits per heavy atom. The number of nitrogens with zero attached hydrogens (tertiary/aromatic N) is 3. The van der Waals surface area contributed by atoms with Crippen molar-refractivity contribution in [2.45, 2.75) is 65.8 Å². The molecule has 0 bridgehead atoms. The molecule has 1 aliphatic heterocycles. The predicted molar refractivity (Wildman–Crippen MR) is 126 cm³/mol. The number of hydrogen-bond donors (Lipinski definition) is 0. The monoisotopic (exact) mass is 435 g/mol.